The van der Waals surface area contributed by atoms with E-state index in [1.807, 2.05) is 0 Å². The SMILES string of the molecule is CCOC(CC)(CC)C(CC(CC)CC)NN. The smallest absolute Gasteiger partial charge is 0.0842 e. The molecule has 0 aliphatic rings. The van der Waals surface area contributed by atoms with Gasteiger partial charge in [0.05, 0.1) is 11.6 Å². The molecule has 0 amide bonds. The summed E-state index contributed by atoms with van der Waals surface area (Å²) in [6, 6.07) is 0.252. The Balaban J connectivity index is 4.76. The van der Waals surface area contributed by atoms with Crippen molar-refractivity contribution in [2.75, 3.05) is 6.61 Å². The van der Waals surface area contributed by atoms with Crippen LogP contribution in [0.15, 0.2) is 0 Å². The van der Waals surface area contributed by atoms with Crippen molar-refractivity contribution in [1.29, 1.82) is 0 Å². The summed E-state index contributed by atoms with van der Waals surface area (Å²) in [5.74, 6) is 6.50. The molecular formula is C14H32N2O. The molecule has 1 atom stereocenters. The first-order chi connectivity index (χ1) is 8.13. The highest BCUT2D eigenvalue weighted by Crippen LogP contribution is 2.30. The van der Waals surface area contributed by atoms with Gasteiger partial charge in [-0.05, 0) is 32.1 Å². The van der Waals surface area contributed by atoms with Crippen molar-refractivity contribution in [2.45, 2.75) is 78.4 Å². The predicted molar refractivity (Wildman–Crippen MR) is 74.7 cm³/mol. The third-order valence-corrected chi connectivity index (χ3v) is 4.19. The van der Waals surface area contributed by atoms with E-state index in [9.17, 15) is 0 Å². The summed E-state index contributed by atoms with van der Waals surface area (Å²) in [6.07, 6.45) is 5.54. The molecule has 0 fully saturated rings. The first kappa shape index (κ1) is 16.9. The van der Waals surface area contributed by atoms with Crippen LogP contribution in [0, 0.1) is 5.92 Å². The normalized spacial score (nSPS) is 14.3. The molecule has 0 saturated carbocycles. The first-order valence-electron chi connectivity index (χ1n) is 7.23. The fourth-order valence-electron chi connectivity index (χ4n) is 2.73. The summed E-state index contributed by atoms with van der Waals surface area (Å²) in [4.78, 5) is 0. The molecule has 3 N–H and O–H groups in total. The van der Waals surface area contributed by atoms with Gasteiger partial charge in [-0.1, -0.05) is 40.5 Å². The van der Waals surface area contributed by atoms with Crippen LogP contribution in [0.4, 0.5) is 0 Å². The van der Waals surface area contributed by atoms with Crippen molar-refractivity contribution in [1.82, 2.24) is 5.43 Å². The molecule has 1 unspecified atom stereocenters. The predicted octanol–water partition coefficient (Wildman–Crippen LogP) is 3.24. The third kappa shape index (κ3) is 4.57. The van der Waals surface area contributed by atoms with Crippen molar-refractivity contribution in [3.63, 3.8) is 0 Å². The molecule has 3 heteroatoms. The van der Waals surface area contributed by atoms with Crippen molar-refractivity contribution in [3.05, 3.63) is 0 Å². The second-order valence-electron chi connectivity index (χ2n) is 4.84. The Bertz CT molecular complexity index is 177. The number of nitrogens with two attached hydrogens (primary N) is 1. The lowest BCUT2D eigenvalue weighted by molar-refractivity contribution is -0.0771. The van der Waals surface area contributed by atoms with Crippen LogP contribution in [0.1, 0.15) is 66.7 Å². The van der Waals surface area contributed by atoms with E-state index < -0.39 is 0 Å². The maximum Gasteiger partial charge on any atom is 0.0842 e. The molecule has 17 heavy (non-hydrogen) atoms. The summed E-state index contributed by atoms with van der Waals surface area (Å²) in [7, 11) is 0. The van der Waals surface area contributed by atoms with Crippen molar-refractivity contribution < 1.29 is 4.74 Å². The van der Waals surface area contributed by atoms with Crippen LogP contribution in [0.3, 0.4) is 0 Å². The van der Waals surface area contributed by atoms with Gasteiger partial charge in [-0.25, -0.2) is 0 Å². The molecular weight excluding hydrogens is 212 g/mol. The molecule has 0 bridgehead atoms. The molecule has 3 nitrogen and oxygen atoms in total. The highest BCUT2D eigenvalue weighted by molar-refractivity contribution is 4.91. The zero-order valence-corrected chi connectivity index (χ0v) is 12.4. The van der Waals surface area contributed by atoms with E-state index in [0.717, 1.165) is 31.8 Å². The van der Waals surface area contributed by atoms with Crippen LogP contribution < -0.4 is 11.3 Å². The van der Waals surface area contributed by atoms with Gasteiger partial charge in [0.25, 0.3) is 0 Å². The number of rotatable bonds is 10. The highest BCUT2D eigenvalue weighted by Gasteiger charge is 2.36. The molecule has 0 rings (SSSR count). The summed E-state index contributed by atoms with van der Waals surface area (Å²) in [6.45, 7) is 11.7. The van der Waals surface area contributed by atoms with Gasteiger partial charge in [0.1, 0.15) is 0 Å². The van der Waals surface area contributed by atoms with Gasteiger partial charge in [-0.3, -0.25) is 11.3 Å². The van der Waals surface area contributed by atoms with E-state index in [4.69, 9.17) is 10.6 Å². The summed E-state index contributed by atoms with van der Waals surface area (Å²) >= 11 is 0. The minimum Gasteiger partial charge on any atom is -0.374 e. The number of hydrogen-bond acceptors (Lipinski definition) is 3. The van der Waals surface area contributed by atoms with E-state index in [0.29, 0.717) is 0 Å². The minimum atomic E-state index is -0.105. The topological polar surface area (TPSA) is 47.3 Å². The van der Waals surface area contributed by atoms with Crippen molar-refractivity contribution >= 4 is 0 Å². The Morgan fingerprint density at radius 2 is 1.59 bits per heavy atom. The maximum absolute atomic E-state index is 6.03. The van der Waals surface area contributed by atoms with E-state index in [2.05, 4.69) is 40.0 Å². The monoisotopic (exact) mass is 244 g/mol. The Labute approximate surface area is 107 Å². The molecule has 104 valence electrons. The molecule has 0 aliphatic heterocycles. The molecule has 0 aromatic carbocycles. The number of hydrazine groups is 1. The zero-order chi connectivity index (χ0) is 13.3. The summed E-state index contributed by atoms with van der Waals surface area (Å²) in [5, 5.41) is 0. The fourth-order valence-corrected chi connectivity index (χ4v) is 2.73. The molecule has 0 aromatic heterocycles. The number of ether oxygens (including phenoxy) is 1. The van der Waals surface area contributed by atoms with E-state index in [-0.39, 0.29) is 11.6 Å². The Morgan fingerprint density at radius 3 is 1.88 bits per heavy atom. The second kappa shape index (κ2) is 8.90. The van der Waals surface area contributed by atoms with Gasteiger partial charge in [0.2, 0.25) is 0 Å². The Hall–Kier alpha value is -0.120. The summed E-state index contributed by atoms with van der Waals surface area (Å²) in [5.41, 5.74) is 2.90. The van der Waals surface area contributed by atoms with Gasteiger partial charge in [-0.2, -0.15) is 0 Å². The minimum absolute atomic E-state index is 0.105. The lowest BCUT2D eigenvalue weighted by atomic mass is 9.81. The second-order valence-corrected chi connectivity index (χ2v) is 4.84. The summed E-state index contributed by atoms with van der Waals surface area (Å²) < 4.78 is 6.03. The van der Waals surface area contributed by atoms with Gasteiger partial charge >= 0.3 is 0 Å². The molecule has 0 heterocycles. The van der Waals surface area contributed by atoms with E-state index in [1.165, 1.54) is 12.8 Å². The van der Waals surface area contributed by atoms with E-state index in [1.54, 1.807) is 0 Å². The molecule has 0 spiro atoms. The van der Waals surface area contributed by atoms with Gasteiger partial charge < -0.3 is 4.74 Å². The standard InChI is InChI=1S/C14H32N2O/c1-6-12(7-2)11-13(16-15)14(8-3,9-4)17-10-5/h12-13,16H,6-11,15H2,1-5H3. The number of hydrogen-bond donors (Lipinski definition) is 2. The van der Waals surface area contributed by atoms with Crippen LogP contribution in [0.25, 0.3) is 0 Å². The molecule has 0 saturated heterocycles. The Morgan fingerprint density at radius 1 is 1.06 bits per heavy atom. The largest absolute Gasteiger partial charge is 0.374 e. The van der Waals surface area contributed by atoms with Crippen LogP contribution in [0.5, 0.6) is 0 Å². The van der Waals surface area contributed by atoms with E-state index >= 15 is 0 Å². The van der Waals surface area contributed by atoms with Gasteiger partial charge in [0, 0.05) is 6.61 Å². The average Bonchev–Trinajstić information content (AvgIpc) is 2.38. The average molecular weight is 244 g/mol. The highest BCUT2D eigenvalue weighted by atomic mass is 16.5. The van der Waals surface area contributed by atoms with Crippen molar-refractivity contribution in [2.24, 2.45) is 11.8 Å². The lowest BCUT2D eigenvalue weighted by Gasteiger charge is -2.40. The molecule has 0 aliphatic carbocycles. The van der Waals surface area contributed by atoms with Gasteiger partial charge in [0.15, 0.2) is 0 Å². The maximum atomic E-state index is 6.03. The molecule has 0 radical (unpaired) electrons. The first-order valence-corrected chi connectivity index (χ1v) is 7.23. The lowest BCUT2D eigenvalue weighted by Crippen LogP contribution is -2.55. The Kier molecular flexibility index (Phi) is 8.83. The van der Waals surface area contributed by atoms with Crippen LogP contribution in [0.2, 0.25) is 0 Å². The van der Waals surface area contributed by atoms with Crippen LogP contribution >= 0.6 is 0 Å². The van der Waals surface area contributed by atoms with Crippen LogP contribution in [-0.4, -0.2) is 18.2 Å². The molecule has 0 aromatic rings. The third-order valence-electron chi connectivity index (χ3n) is 4.19. The zero-order valence-electron chi connectivity index (χ0n) is 12.4. The van der Waals surface area contributed by atoms with Crippen LogP contribution in [-0.2, 0) is 4.74 Å². The van der Waals surface area contributed by atoms with Crippen molar-refractivity contribution in [3.8, 4) is 0 Å². The quantitative estimate of drug-likeness (QED) is 0.458. The fraction of sp³-hybridized carbons (Fsp3) is 1.00. The van der Waals surface area contributed by atoms with Gasteiger partial charge in [-0.15, -0.1) is 0 Å². The number of nitrogens with one attached hydrogen (secondary N) is 1.